The van der Waals surface area contributed by atoms with Crippen LogP contribution < -0.4 is 5.32 Å². The number of hydrogen-bond acceptors (Lipinski definition) is 4. The molecule has 1 aromatic rings. The van der Waals surface area contributed by atoms with E-state index in [4.69, 9.17) is 0 Å². The lowest BCUT2D eigenvalue weighted by Gasteiger charge is -2.06. The molecule has 1 fully saturated rings. The Morgan fingerprint density at radius 3 is 2.92 bits per heavy atom. The number of hydrogen-bond donors (Lipinski definition) is 1. The van der Waals surface area contributed by atoms with Gasteiger partial charge in [0.05, 0.1) is 10.6 Å². The fourth-order valence-corrected chi connectivity index (χ4v) is 2.21. The fraction of sp³-hybridized carbons (Fsp3) is 0.778. The van der Waals surface area contributed by atoms with E-state index < -0.39 is 0 Å². The molecule has 2 rings (SSSR count). The van der Waals surface area contributed by atoms with Crippen molar-refractivity contribution in [3.8, 4) is 0 Å². The third-order valence-electron chi connectivity index (χ3n) is 2.66. The highest BCUT2D eigenvalue weighted by Crippen LogP contribution is 2.48. The summed E-state index contributed by atoms with van der Waals surface area (Å²) in [6.07, 6.45) is 2.55. The van der Waals surface area contributed by atoms with Gasteiger partial charge in [-0.1, -0.05) is 18.3 Å². The third-order valence-corrected chi connectivity index (χ3v) is 3.38. The number of aromatic nitrogens is 2. The van der Waals surface area contributed by atoms with Crippen molar-refractivity contribution in [1.29, 1.82) is 0 Å². The zero-order chi connectivity index (χ0) is 9.31. The summed E-state index contributed by atoms with van der Waals surface area (Å²) in [7, 11) is 0. The molecule has 1 heterocycles. The van der Waals surface area contributed by atoms with E-state index in [0.717, 1.165) is 13.1 Å². The van der Waals surface area contributed by atoms with Gasteiger partial charge in [0.2, 0.25) is 0 Å². The Bertz CT molecular complexity index is 291. The molecule has 13 heavy (non-hydrogen) atoms. The van der Waals surface area contributed by atoms with Gasteiger partial charge in [-0.3, -0.25) is 0 Å². The van der Waals surface area contributed by atoms with Crippen LogP contribution in [0.15, 0.2) is 0 Å². The minimum atomic E-state index is 0.359. The van der Waals surface area contributed by atoms with Crippen LogP contribution in [-0.4, -0.2) is 16.1 Å². The lowest BCUT2D eigenvalue weighted by atomic mass is 10.0. The van der Waals surface area contributed by atoms with Crippen LogP contribution in [0.4, 0.5) is 0 Å². The minimum absolute atomic E-state index is 0.359. The molecular weight excluding hydrogens is 182 g/mol. The average Bonchev–Trinajstić information content (AvgIpc) is 2.69. The Balaban J connectivity index is 2.12. The van der Waals surface area contributed by atoms with Gasteiger partial charge < -0.3 is 5.32 Å². The van der Waals surface area contributed by atoms with Gasteiger partial charge in [-0.2, -0.15) is 0 Å². The van der Waals surface area contributed by atoms with E-state index in [2.05, 4.69) is 28.8 Å². The molecular formula is C9H15N3S. The van der Waals surface area contributed by atoms with Crippen LogP contribution >= 0.6 is 11.5 Å². The maximum Gasteiger partial charge on any atom is 0.0859 e. The molecule has 72 valence electrons. The number of nitrogens with one attached hydrogen (secondary N) is 1. The van der Waals surface area contributed by atoms with Crippen molar-refractivity contribution in [2.45, 2.75) is 38.6 Å². The Morgan fingerprint density at radius 1 is 1.54 bits per heavy atom. The number of rotatable bonds is 4. The summed E-state index contributed by atoms with van der Waals surface area (Å²) in [5.41, 5.74) is 1.59. The molecule has 0 aromatic carbocycles. The summed E-state index contributed by atoms with van der Waals surface area (Å²) < 4.78 is 4.03. The standard InChI is InChI=1S/C9H15N3S/c1-3-10-6-7-8(11-12-13-7)9(2)4-5-9/h10H,3-6H2,1-2H3. The van der Waals surface area contributed by atoms with E-state index in [9.17, 15) is 0 Å². The molecule has 0 aliphatic heterocycles. The molecule has 0 atom stereocenters. The molecule has 0 radical (unpaired) electrons. The summed E-state index contributed by atoms with van der Waals surface area (Å²) in [5.74, 6) is 0. The van der Waals surface area contributed by atoms with Crippen molar-refractivity contribution in [2.75, 3.05) is 6.54 Å². The molecule has 4 heteroatoms. The summed E-state index contributed by atoms with van der Waals surface area (Å²) in [6, 6.07) is 0. The van der Waals surface area contributed by atoms with Gasteiger partial charge in [0, 0.05) is 12.0 Å². The first-order valence-corrected chi connectivity index (χ1v) is 5.56. The van der Waals surface area contributed by atoms with Crippen LogP contribution in [0.3, 0.4) is 0 Å². The molecule has 0 bridgehead atoms. The van der Waals surface area contributed by atoms with Crippen molar-refractivity contribution >= 4 is 11.5 Å². The van der Waals surface area contributed by atoms with Crippen LogP contribution in [-0.2, 0) is 12.0 Å². The summed E-state index contributed by atoms with van der Waals surface area (Å²) >= 11 is 1.53. The lowest BCUT2D eigenvalue weighted by molar-refractivity contribution is 0.688. The second-order valence-corrected chi connectivity index (χ2v) is 4.72. The summed E-state index contributed by atoms with van der Waals surface area (Å²) in [6.45, 7) is 6.33. The Kier molecular flexibility index (Phi) is 2.34. The van der Waals surface area contributed by atoms with E-state index in [1.165, 1.54) is 34.9 Å². The van der Waals surface area contributed by atoms with Gasteiger partial charge in [-0.15, -0.1) is 5.10 Å². The third kappa shape index (κ3) is 1.74. The molecule has 0 spiro atoms. The largest absolute Gasteiger partial charge is 0.312 e. The van der Waals surface area contributed by atoms with Gasteiger partial charge in [0.1, 0.15) is 0 Å². The smallest absolute Gasteiger partial charge is 0.0859 e. The molecule has 3 nitrogen and oxygen atoms in total. The molecule has 1 aromatic heterocycles. The van der Waals surface area contributed by atoms with E-state index >= 15 is 0 Å². The molecule has 0 saturated heterocycles. The maximum absolute atomic E-state index is 4.23. The van der Waals surface area contributed by atoms with Crippen LogP contribution in [0.2, 0.25) is 0 Å². The van der Waals surface area contributed by atoms with Gasteiger partial charge >= 0.3 is 0 Å². The normalized spacial score (nSPS) is 18.9. The summed E-state index contributed by atoms with van der Waals surface area (Å²) in [4.78, 5) is 1.32. The first-order chi connectivity index (χ1) is 6.26. The predicted molar refractivity (Wildman–Crippen MR) is 53.9 cm³/mol. The highest BCUT2D eigenvalue weighted by Gasteiger charge is 2.43. The monoisotopic (exact) mass is 197 g/mol. The van der Waals surface area contributed by atoms with Gasteiger partial charge in [0.15, 0.2) is 0 Å². The van der Waals surface area contributed by atoms with Crippen LogP contribution in [0.25, 0.3) is 0 Å². The van der Waals surface area contributed by atoms with E-state index in [0.29, 0.717) is 5.41 Å². The molecule has 1 aliphatic carbocycles. The predicted octanol–water partition coefficient (Wildman–Crippen LogP) is 1.70. The first-order valence-electron chi connectivity index (χ1n) is 4.79. The lowest BCUT2D eigenvalue weighted by Crippen LogP contribution is -2.14. The van der Waals surface area contributed by atoms with Gasteiger partial charge in [-0.05, 0) is 30.9 Å². The van der Waals surface area contributed by atoms with Crippen molar-refractivity contribution in [3.05, 3.63) is 10.6 Å². The number of nitrogens with zero attached hydrogens (tertiary/aromatic N) is 2. The zero-order valence-electron chi connectivity index (χ0n) is 8.13. The van der Waals surface area contributed by atoms with Crippen molar-refractivity contribution < 1.29 is 0 Å². The van der Waals surface area contributed by atoms with Crippen molar-refractivity contribution in [3.63, 3.8) is 0 Å². The van der Waals surface area contributed by atoms with Crippen LogP contribution in [0.1, 0.15) is 37.3 Å². The summed E-state index contributed by atoms with van der Waals surface area (Å²) in [5, 5.41) is 7.55. The van der Waals surface area contributed by atoms with Gasteiger partial charge in [0.25, 0.3) is 0 Å². The molecule has 0 amide bonds. The SMILES string of the molecule is CCNCc1snnc1C1(C)CC1. The molecule has 1 N–H and O–H groups in total. The van der Waals surface area contributed by atoms with Crippen molar-refractivity contribution in [1.82, 2.24) is 14.9 Å². The van der Waals surface area contributed by atoms with Crippen molar-refractivity contribution in [2.24, 2.45) is 0 Å². The fourth-order valence-electron chi connectivity index (χ4n) is 1.45. The Labute approximate surface area is 82.7 Å². The average molecular weight is 197 g/mol. The van der Waals surface area contributed by atoms with E-state index in [1.54, 1.807) is 0 Å². The van der Waals surface area contributed by atoms with Crippen LogP contribution in [0, 0.1) is 0 Å². The minimum Gasteiger partial charge on any atom is -0.312 e. The molecule has 1 saturated carbocycles. The highest BCUT2D eigenvalue weighted by atomic mass is 32.1. The zero-order valence-corrected chi connectivity index (χ0v) is 8.95. The van der Waals surface area contributed by atoms with E-state index in [1.807, 2.05) is 0 Å². The first kappa shape index (κ1) is 9.09. The second-order valence-electron chi connectivity index (χ2n) is 3.89. The Morgan fingerprint density at radius 2 is 2.31 bits per heavy atom. The highest BCUT2D eigenvalue weighted by molar-refractivity contribution is 7.05. The maximum atomic E-state index is 4.23. The van der Waals surface area contributed by atoms with Crippen LogP contribution in [0.5, 0.6) is 0 Å². The topological polar surface area (TPSA) is 37.8 Å². The second kappa shape index (κ2) is 3.35. The Hall–Kier alpha value is -0.480. The van der Waals surface area contributed by atoms with Gasteiger partial charge in [-0.25, -0.2) is 0 Å². The molecule has 1 aliphatic rings. The quantitative estimate of drug-likeness (QED) is 0.798. The van der Waals surface area contributed by atoms with E-state index in [-0.39, 0.29) is 0 Å². The molecule has 0 unspecified atom stereocenters.